The number of morpholine rings is 1. The number of benzene rings is 2. The van der Waals surface area contributed by atoms with Crippen LogP contribution in [0.2, 0.25) is 0 Å². The third-order valence-corrected chi connectivity index (χ3v) is 9.55. The minimum Gasteiger partial charge on any atom is -0.493 e. The lowest BCUT2D eigenvalue weighted by Crippen LogP contribution is -2.41. The summed E-state index contributed by atoms with van der Waals surface area (Å²) in [6, 6.07) is 12.8. The van der Waals surface area contributed by atoms with Crippen LogP contribution in [-0.2, 0) is 27.2 Å². The molecule has 0 aliphatic carbocycles. The van der Waals surface area contributed by atoms with E-state index in [9.17, 15) is 19.2 Å². The van der Waals surface area contributed by atoms with Crippen LogP contribution in [0, 0.1) is 13.8 Å². The average Bonchev–Trinajstić information content (AvgIpc) is 3.55. The summed E-state index contributed by atoms with van der Waals surface area (Å²) >= 11 is 1.58. The van der Waals surface area contributed by atoms with E-state index in [0.717, 1.165) is 41.0 Å². The van der Waals surface area contributed by atoms with Gasteiger partial charge >= 0.3 is 5.97 Å². The molecule has 2 aromatic carbocycles. The molecular formula is C38H43N5O7S. The maximum absolute atomic E-state index is 14.5. The Morgan fingerprint density at radius 3 is 2.49 bits per heavy atom. The smallest absolute Gasteiger partial charge is 0.357 e. The lowest BCUT2D eigenvalue weighted by atomic mass is 9.93. The molecule has 12 nitrogen and oxygen atoms in total. The topological polar surface area (TPSA) is 162 Å². The lowest BCUT2D eigenvalue weighted by Gasteiger charge is -2.28. The van der Waals surface area contributed by atoms with Gasteiger partial charge < -0.3 is 35.5 Å². The number of hydrogen-bond acceptors (Lipinski definition) is 10. The standard InChI is InChI=1S/C34H34N4O6S.C4H9NO/c1-19-14-21(18-35)15-27(33(40)38-8-11-43-12-9-38)29(19)37-32(39)25-16-26-28(44-10-6-22-7-13-45-31(22)26)17-24(25)23-5-4-20(2)36-30(23)34(41)42-3;1-2-3-5-4-6/h4-5,7,13-17H,6,8-12,18,35H2,1-3H3,(H,37,39);4H,2-3H2,1H3,(H,5,6). The molecular weight excluding hydrogens is 671 g/mol. The van der Waals surface area contributed by atoms with Crippen molar-refractivity contribution in [2.24, 2.45) is 5.73 Å². The Hall–Kier alpha value is -5.11. The fraction of sp³-hybridized carbons (Fsp3) is 0.342. The number of fused-ring (bicyclic) bond motifs is 3. The van der Waals surface area contributed by atoms with Gasteiger partial charge in [0.05, 0.1) is 38.2 Å². The molecule has 0 saturated carbocycles. The number of methoxy groups -OCH3 is 1. The monoisotopic (exact) mass is 713 g/mol. The highest BCUT2D eigenvalue weighted by Crippen LogP contribution is 2.43. The van der Waals surface area contributed by atoms with Gasteiger partial charge in [0.15, 0.2) is 5.69 Å². The first-order valence-corrected chi connectivity index (χ1v) is 17.7. The number of amides is 3. The van der Waals surface area contributed by atoms with E-state index in [4.69, 9.17) is 19.9 Å². The molecule has 2 aliphatic rings. The van der Waals surface area contributed by atoms with Crippen LogP contribution in [0.25, 0.3) is 21.6 Å². The van der Waals surface area contributed by atoms with Gasteiger partial charge in [-0.2, -0.15) is 0 Å². The number of nitrogens with zero attached hydrogens (tertiary/aromatic N) is 2. The normalized spacial score (nSPS) is 13.3. The van der Waals surface area contributed by atoms with Gasteiger partial charge in [-0.25, -0.2) is 9.78 Å². The van der Waals surface area contributed by atoms with E-state index >= 15 is 0 Å². The molecule has 0 spiro atoms. The van der Waals surface area contributed by atoms with Crippen molar-refractivity contribution in [1.29, 1.82) is 0 Å². The number of ether oxygens (including phenoxy) is 3. The summed E-state index contributed by atoms with van der Waals surface area (Å²) in [6.45, 7) is 8.93. The van der Waals surface area contributed by atoms with Gasteiger partial charge in [0.2, 0.25) is 6.41 Å². The largest absolute Gasteiger partial charge is 0.493 e. The third kappa shape index (κ3) is 8.44. The molecule has 1 fully saturated rings. The van der Waals surface area contributed by atoms with Gasteiger partial charge in [-0.15, -0.1) is 11.3 Å². The lowest BCUT2D eigenvalue weighted by molar-refractivity contribution is -0.109. The quantitative estimate of drug-likeness (QED) is 0.121. The number of nitrogens with two attached hydrogens (primary N) is 1. The first-order valence-electron chi connectivity index (χ1n) is 16.8. The van der Waals surface area contributed by atoms with E-state index in [1.165, 1.54) is 7.11 Å². The second-order valence-corrected chi connectivity index (χ2v) is 13.0. The number of anilines is 1. The Labute approximate surface area is 301 Å². The van der Waals surface area contributed by atoms with Gasteiger partial charge in [0.25, 0.3) is 11.8 Å². The molecule has 2 aromatic heterocycles. The highest BCUT2D eigenvalue weighted by Gasteiger charge is 2.28. The number of carbonyl (C=O) groups excluding carboxylic acids is 4. The van der Waals surface area contributed by atoms with E-state index in [1.54, 1.807) is 53.5 Å². The Morgan fingerprint density at radius 1 is 1.02 bits per heavy atom. The van der Waals surface area contributed by atoms with Crippen LogP contribution in [-0.4, -0.2) is 80.6 Å². The number of nitrogens with one attached hydrogen (secondary N) is 2. The zero-order valence-corrected chi connectivity index (χ0v) is 30.1. The van der Waals surface area contributed by atoms with Gasteiger partial charge in [0, 0.05) is 65.4 Å². The molecule has 13 heteroatoms. The van der Waals surface area contributed by atoms with Gasteiger partial charge in [-0.3, -0.25) is 14.4 Å². The maximum atomic E-state index is 14.5. The summed E-state index contributed by atoms with van der Waals surface area (Å²) in [5, 5.41) is 7.60. The number of rotatable bonds is 9. The zero-order chi connectivity index (χ0) is 36.5. The minimum absolute atomic E-state index is 0.0867. The van der Waals surface area contributed by atoms with Crippen molar-refractivity contribution >= 4 is 41.2 Å². The SMILES string of the molecule is CCCNC=O.COC(=O)c1nc(C)ccc1-c1cc2c(cc1C(=O)Nc1c(C)cc(CN)cc1C(=O)N1CCOCC1)-c1sccc1CCO2. The predicted octanol–water partition coefficient (Wildman–Crippen LogP) is 5.14. The number of aromatic nitrogens is 1. The van der Waals surface area contributed by atoms with Crippen molar-refractivity contribution in [1.82, 2.24) is 15.2 Å². The summed E-state index contributed by atoms with van der Waals surface area (Å²) < 4.78 is 16.7. The molecule has 0 radical (unpaired) electrons. The molecule has 2 aliphatic heterocycles. The molecule has 4 aromatic rings. The molecule has 1 saturated heterocycles. The van der Waals surface area contributed by atoms with Crippen molar-refractivity contribution in [3.8, 4) is 27.3 Å². The van der Waals surface area contributed by atoms with Crippen molar-refractivity contribution in [3.05, 3.63) is 87.0 Å². The number of thiophene rings is 1. The highest BCUT2D eigenvalue weighted by atomic mass is 32.1. The number of hydrogen-bond donors (Lipinski definition) is 3. The molecule has 3 amide bonds. The summed E-state index contributed by atoms with van der Waals surface area (Å²) in [6.07, 6.45) is 2.45. The maximum Gasteiger partial charge on any atom is 0.357 e. The zero-order valence-electron chi connectivity index (χ0n) is 29.3. The molecule has 0 bridgehead atoms. The number of aryl methyl sites for hydroxylation is 2. The van der Waals surface area contributed by atoms with Gasteiger partial charge in [0.1, 0.15) is 5.75 Å². The van der Waals surface area contributed by atoms with E-state index in [0.29, 0.717) is 84.3 Å². The van der Waals surface area contributed by atoms with Crippen LogP contribution >= 0.6 is 11.3 Å². The molecule has 0 unspecified atom stereocenters. The fourth-order valence-corrected chi connectivity index (χ4v) is 6.97. The van der Waals surface area contributed by atoms with Crippen LogP contribution in [0.15, 0.2) is 47.8 Å². The third-order valence-electron chi connectivity index (χ3n) is 8.56. The van der Waals surface area contributed by atoms with Gasteiger partial charge in [-0.1, -0.05) is 19.1 Å². The van der Waals surface area contributed by atoms with Crippen molar-refractivity contribution in [3.63, 3.8) is 0 Å². The molecule has 51 heavy (non-hydrogen) atoms. The predicted molar refractivity (Wildman–Crippen MR) is 196 cm³/mol. The summed E-state index contributed by atoms with van der Waals surface area (Å²) in [4.78, 5) is 57.8. The van der Waals surface area contributed by atoms with E-state index in [1.807, 2.05) is 25.3 Å². The van der Waals surface area contributed by atoms with Crippen LogP contribution in [0.4, 0.5) is 5.69 Å². The Kier molecular flexibility index (Phi) is 12.5. The van der Waals surface area contributed by atoms with Crippen molar-refractivity contribution in [2.75, 3.05) is 51.9 Å². The van der Waals surface area contributed by atoms with Crippen molar-refractivity contribution < 1.29 is 33.4 Å². The van der Waals surface area contributed by atoms with Crippen LogP contribution < -0.4 is 21.1 Å². The first-order chi connectivity index (χ1) is 24.7. The van der Waals surface area contributed by atoms with E-state index < -0.39 is 11.9 Å². The molecule has 4 heterocycles. The Balaban J connectivity index is 0.000000774. The van der Waals surface area contributed by atoms with Crippen LogP contribution in [0.3, 0.4) is 0 Å². The summed E-state index contributed by atoms with van der Waals surface area (Å²) in [7, 11) is 1.29. The molecule has 4 N–H and O–H groups in total. The Bertz CT molecular complexity index is 1920. The molecule has 268 valence electrons. The van der Waals surface area contributed by atoms with Crippen LogP contribution in [0.1, 0.15) is 66.9 Å². The minimum atomic E-state index is -0.622. The van der Waals surface area contributed by atoms with E-state index in [-0.39, 0.29) is 18.1 Å². The number of pyridine rings is 1. The first kappa shape index (κ1) is 37.2. The molecule has 6 rings (SSSR count). The second-order valence-electron chi connectivity index (χ2n) is 12.1. The summed E-state index contributed by atoms with van der Waals surface area (Å²) in [5.41, 5.74) is 12.0. The Morgan fingerprint density at radius 2 is 1.80 bits per heavy atom. The number of esters is 1. The van der Waals surface area contributed by atoms with E-state index in [2.05, 4.69) is 21.7 Å². The highest BCUT2D eigenvalue weighted by molar-refractivity contribution is 7.13. The second kappa shape index (κ2) is 17.2. The average molecular weight is 714 g/mol. The number of carbonyl (C=O) groups is 4. The molecule has 0 atom stereocenters. The van der Waals surface area contributed by atoms with Crippen molar-refractivity contribution in [2.45, 2.75) is 40.2 Å². The van der Waals surface area contributed by atoms with Crippen LogP contribution in [0.5, 0.6) is 5.75 Å². The summed E-state index contributed by atoms with van der Waals surface area (Å²) in [5.74, 6) is -0.679. The fourth-order valence-electron chi connectivity index (χ4n) is 5.99. The van der Waals surface area contributed by atoms with Gasteiger partial charge in [-0.05, 0) is 72.7 Å².